The van der Waals surface area contributed by atoms with Crippen molar-refractivity contribution in [2.24, 2.45) is 12.8 Å². The monoisotopic (exact) mass is 271 g/mol. The topological polar surface area (TPSA) is 53.1 Å². The summed E-state index contributed by atoms with van der Waals surface area (Å²) in [5.74, 6) is 0. The minimum Gasteiger partial charge on any atom is -0.378 e. The maximum atomic E-state index is 6.24. The standard InChI is InChI=1S/C13H22ClN3O/c1-9-12(14)11(17(2)16-9)7-10(15)8-13(18-3)5-4-6-13/h10H,4-8,15H2,1-3H3. The van der Waals surface area contributed by atoms with Gasteiger partial charge in [-0.05, 0) is 32.6 Å². The second-order valence-corrected chi connectivity index (χ2v) is 5.76. The van der Waals surface area contributed by atoms with Crippen molar-refractivity contribution < 1.29 is 4.74 Å². The molecule has 0 saturated heterocycles. The van der Waals surface area contributed by atoms with Crippen molar-refractivity contribution in [3.05, 3.63) is 16.4 Å². The van der Waals surface area contributed by atoms with Crippen molar-refractivity contribution in [2.45, 2.75) is 50.7 Å². The fourth-order valence-corrected chi connectivity index (χ4v) is 3.00. The Kier molecular flexibility index (Phi) is 3.99. The lowest BCUT2D eigenvalue weighted by Crippen LogP contribution is -2.45. The van der Waals surface area contributed by atoms with E-state index in [1.165, 1.54) is 6.42 Å². The zero-order valence-electron chi connectivity index (χ0n) is 11.4. The van der Waals surface area contributed by atoms with Crippen LogP contribution >= 0.6 is 11.6 Å². The second-order valence-electron chi connectivity index (χ2n) is 5.38. The van der Waals surface area contributed by atoms with E-state index in [0.717, 1.165) is 42.1 Å². The Morgan fingerprint density at radius 2 is 2.22 bits per heavy atom. The first kappa shape index (κ1) is 13.8. The molecule has 1 saturated carbocycles. The normalized spacial score (nSPS) is 19.6. The van der Waals surface area contributed by atoms with Gasteiger partial charge in [0.1, 0.15) is 0 Å². The number of halogens is 1. The summed E-state index contributed by atoms with van der Waals surface area (Å²) in [6.07, 6.45) is 5.13. The number of nitrogens with two attached hydrogens (primary N) is 1. The molecular formula is C13H22ClN3O. The van der Waals surface area contributed by atoms with Crippen LogP contribution in [0.15, 0.2) is 0 Å². The van der Waals surface area contributed by atoms with Crippen LogP contribution < -0.4 is 5.73 Å². The molecule has 1 fully saturated rings. The first-order valence-corrected chi connectivity index (χ1v) is 6.84. The highest BCUT2D eigenvalue weighted by Crippen LogP contribution is 2.39. The number of nitrogens with zero attached hydrogens (tertiary/aromatic N) is 2. The zero-order valence-corrected chi connectivity index (χ0v) is 12.1. The summed E-state index contributed by atoms with van der Waals surface area (Å²) in [6, 6.07) is 0.0672. The molecule has 18 heavy (non-hydrogen) atoms. The first-order valence-electron chi connectivity index (χ1n) is 6.46. The third-order valence-corrected chi connectivity index (χ3v) is 4.54. The fourth-order valence-electron chi connectivity index (χ4n) is 2.76. The van der Waals surface area contributed by atoms with Gasteiger partial charge in [-0.3, -0.25) is 4.68 Å². The summed E-state index contributed by atoms with van der Waals surface area (Å²) in [6.45, 7) is 1.92. The largest absolute Gasteiger partial charge is 0.378 e. The van der Waals surface area contributed by atoms with E-state index in [1.807, 2.05) is 18.7 Å². The number of aryl methyl sites for hydroxylation is 2. The van der Waals surface area contributed by atoms with Gasteiger partial charge in [0, 0.05) is 26.6 Å². The van der Waals surface area contributed by atoms with E-state index in [9.17, 15) is 0 Å². The van der Waals surface area contributed by atoms with E-state index in [-0.39, 0.29) is 11.6 Å². The highest BCUT2D eigenvalue weighted by atomic mass is 35.5. The van der Waals surface area contributed by atoms with Crippen LogP contribution in [-0.4, -0.2) is 28.5 Å². The van der Waals surface area contributed by atoms with Gasteiger partial charge in [0.2, 0.25) is 0 Å². The van der Waals surface area contributed by atoms with Gasteiger partial charge in [-0.1, -0.05) is 11.6 Å². The molecule has 1 atom stereocenters. The van der Waals surface area contributed by atoms with Crippen molar-refractivity contribution in [1.29, 1.82) is 0 Å². The van der Waals surface area contributed by atoms with Crippen LogP contribution in [-0.2, 0) is 18.2 Å². The van der Waals surface area contributed by atoms with Crippen LogP contribution in [0.5, 0.6) is 0 Å². The van der Waals surface area contributed by atoms with Gasteiger partial charge < -0.3 is 10.5 Å². The molecule has 1 aromatic rings. The molecule has 1 aliphatic carbocycles. The average molecular weight is 272 g/mol. The van der Waals surface area contributed by atoms with Gasteiger partial charge in [0.25, 0.3) is 0 Å². The molecule has 1 aromatic heterocycles. The van der Waals surface area contributed by atoms with Crippen molar-refractivity contribution in [1.82, 2.24) is 9.78 Å². The van der Waals surface area contributed by atoms with Crippen molar-refractivity contribution in [3.63, 3.8) is 0 Å². The van der Waals surface area contributed by atoms with Crippen molar-refractivity contribution in [2.75, 3.05) is 7.11 Å². The summed E-state index contributed by atoms with van der Waals surface area (Å²) in [4.78, 5) is 0. The molecule has 5 heteroatoms. The van der Waals surface area contributed by atoms with E-state index in [1.54, 1.807) is 7.11 Å². The number of hydrogen-bond acceptors (Lipinski definition) is 3. The van der Waals surface area contributed by atoms with Crippen molar-refractivity contribution in [3.8, 4) is 0 Å². The van der Waals surface area contributed by atoms with E-state index in [0.29, 0.717) is 0 Å². The summed E-state index contributed by atoms with van der Waals surface area (Å²) in [7, 11) is 3.70. The number of methoxy groups -OCH3 is 1. The Morgan fingerprint density at radius 1 is 1.56 bits per heavy atom. The lowest BCUT2D eigenvalue weighted by Gasteiger charge is -2.42. The van der Waals surface area contributed by atoms with Gasteiger partial charge >= 0.3 is 0 Å². The Bertz CT molecular complexity index is 421. The average Bonchev–Trinajstić information content (AvgIpc) is 2.51. The second kappa shape index (κ2) is 5.19. The molecule has 0 amide bonds. The third kappa shape index (κ3) is 2.56. The molecule has 1 heterocycles. The first-order chi connectivity index (χ1) is 8.47. The SMILES string of the molecule is COC1(CC(N)Cc2c(Cl)c(C)nn2C)CCC1. The van der Waals surface area contributed by atoms with Crippen LogP contribution in [0.2, 0.25) is 5.02 Å². The van der Waals surface area contributed by atoms with Crippen LogP contribution in [0.25, 0.3) is 0 Å². The quantitative estimate of drug-likeness (QED) is 0.893. The molecule has 4 nitrogen and oxygen atoms in total. The van der Waals surface area contributed by atoms with Crippen molar-refractivity contribution >= 4 is 11.6 Å². The van der Waals surface area contributed by atoms with Crippen LogP contribution in [0.1, 0.15) is 37.1 Å². The Balaban J connectivity index is 2.00. The van der Waals surface area contributed by atoms with Gasteiger partial charge in [0.15, 0.2) is 0 Å². The summed E-state index contributed by atoms with van der Waals surface area (Å²) in [5.41, 5.74) is 8.15. The molecule has 1 unspecified atom stereocenters. The zero-order chi connectivity index (χ0) is 13.3. The summed E-state index contributed by atoms with van der Waals surface area (Å²) < 4.78 is 7.44. The molecular weight excluding hydrogens is 250 g/mol. The number of aromatic nitrogens is 2. The highest BCUT2D eigenvalue weighted by Gasteiger charge is 2.38. The smallest absolute Gasteiger partial charge is 0.0847 e. The minimum atomic E-state index is 0.0134. The predicted molar refractivity (Wildman–Crippen MR) is 72.8 cm³/mol. The number of hydrogen-bond donors (Lipinski definition) is 1. The Hall–Kier alpha value is -0.580. The highest BCUT2D eigenvalue weighted by molar-refractivity contribution is 6.31. The molecule has 0 bridgehead atoms. The van der Waals surface area contributed by atoms with Crippen LogP contribution in [0.4, 0.5) is 0 Å². The molecule has 102 valence electrons. The summed E-state index contributed by atoms with van der Waals surface area (Å²) >= 11 is 6.24. The van der Waals surface area contributed by atoms with Crippen LogP contribution in [0.3, 0.4) is 0 Å². The fraction of sp³-hybridized carbons (Fsp3) is 0.769. The van der Waals surface area contributed by atoms with E-state index in [4.69, 9.17) is 22.1 Å². The molecule has 1 aliphatic rings. The maximum Gasteiger partial charge on any atom is 0.0847 e. The van der Waals surface area contributed by atoms with Gasteiger partial charge in [-0.15, -0.1) is 0 Å². The predicted octanol–water partition coefficient (Wildman–Crippen LogP) is 2.21. The maximum absolute atomic E-state index is 6.24. The molecule has 0 radical (unpaired) electrons. The number of rotatable bonds is 5. The Morgan fingerprint density at radius 3 is 2.61 bits per heavy atom. The molecule has 0 aliphatic heterocycles. The third-order valence-electron chi connectivity index (χ3n) is 4.05. The van der Waals surface area contributed by atoms with Gasteiger partial charge in [-0.25, -0.2) is 0 Å². The molecule has 0 spiro atoms. The minimum absolute atomic E-state index is 0.0134. The Labute approximate surface area is 113 Å². The lowest BCUT2D eigenvalue weighted by molar-refractivity contribution is -0.0814. The van der Waals surface area contributed by atoms with E-state index in [2.05, 4.69) is 5.10 Å². The van der Waals surface area contributed by atoms with Crippen LogP contribution in [0, 0.1) is 6.92 Å². The molecule has 2 rings (SSSR count). The lowest BCUT2D eigenvalue weighted by atomic mass is 9.75. The number of ether oxygens (including phenoxy) is 1. The van der Waals surface area contributed by atoms with Gasteiger partial charge in [0.05, 0.1) is 22.0 Å². The van der Waals surface area contributed by atoms with E-state index >= 15 is 0 Å². The van der Waals surface area contributed by atoms with Gasteiger partial charge in [-0.2, -0.15) is 5.10 Å². The van der Waals surface area contributed by atoms with E-state index < -0.39 is 0 Å². The molecule has 2 N–H and O–H groups in total. The summed E-state index contributed by atoms with van der Waals surface area (Å²) in [5, 5.41) is 5.06. The molecule has 0 aromatic carbocycles.